The molecule has 1 aromatic heterocycles. The van der Waals surface area contributed by atoms with Crippen molar-refractivity contribution in [3.63, 3.8) is 0 Å². The van der Waals surface area contributed by atoms with Gasteiger partial charge in [-0.25, -0.2) is 4.98 Å². The van der Waals surface area contributed by atoms with Gasteiger partial charge in [-0.05, 0) is 63.2 Å². The van der Waals surface area contributed by atoms with E-state index in [4.69, 9.17) is 0 Å². The number of nitrogens with one attached hydrogen (secondary N) is 2. The number of anilines is 2. The predicted molar refractivity (Wildman–Crippen MR) is 104 cm³/mol. The lowest BCUT2D eigenvalue weighted by Crippen LogP contribution is -2.29. The fourth-order valence-electron chi connectivity index (χ4n) is 3.30. The number of hydrogen-bond donors (Lipinski definition) is 2. The van der Waals surface area contributed by atoms with Crippen LogP contribution in [0, 0.1) is 5.92 Å². The molecule has 3 heterocycles. The first kappa shape index (κ1) is 21.0. The number of carbonyl (C=O) groups is 1. The van der Waals surface area contributed by atoms with Gasteiger partial charge in [-0.2, -0.15) is 0 Å². The van der Waals surface area contributed by atoms with Crippen molar-refractivity contribution in [1.82, 2.24) is 10.3 Å². The summed E-state index contributed by atoms with van der Waals surface area (Å²) in [5.74, 6) is 1.39. The highest BCUT2D eigenvalue weighted by Crippen LogP contribution is 2.20. The Morgan fingerprint density at radius 2 is 2.04 bits per heavy atom. The number of carbonyl (C=O) groups excluding carboxylic acids is 1. The van der Waals surface area contributed by atoms with E-state index >= 15 is 0 Å². The van der Waals surface area contributed by atoms with Crippen LogP contribution in [0.4, 0.5) is 11.5 Å². The van der Waals surface area contributed by atoms with Crippen LogP contribution in [0.15, 0.2) is 18.3 Å². The van der Waals surface area contributed by atoms with Gasteiger partial charge in [-0.3, -0.25) is 4.79 Å². The minimum Gasteiger partial charge on any atom is -0.370 e. The maximum absolute atomic E-state index is 12.0. The summed E-state index contributed by atoms with van der Waals surface area (Å²) in [4.78, 5) is 18.7. The third kappa shape index (κ3) is 6.11. The highest BCUT2D eigenvalue weighted by molar-refractivity contribution is 5.89. The van der Waals surface area contributed by atoms with Crippen molar-refractivity contribution in [3.8, 4) is 0 Å². The Bertz CT molecular complexity index is 486. The molecule has 0 saturated carbocycles. The van der Waals surface area contributed by atoms with Crippen LogP contribution in [0.3, 0.4) is 0 Å². The van der Waals surface area contributed by atoms with Crippen LogP contribution in [0.5, 0.6) is 0 Å². The lowest BCUT2D eigenvalue weighted by atomic mass is 10.0. The molecule has 0 aliphatic carbocycles. The van der Waals surface area contributed by atoms with E-state index in [1.54, 1.807) is 0 Å². The van der Waals surface area contributed by atoms with Crippen molar-refractivity contribution in [2.24, 2.45) is 5.92 Å². The van der Waals surface area contributed by atoms with Crippen LogP contribution >= 0.6 is 24.8 Å². The summed E-state index contributed by atoms with van der Waals surface area (Å²) < 4.78 is 0. The largest absolute Gasteiger partial charge is 0.370 e. The van der Waals surface area contributed by atoms with E-state index in [9.17, 15) is 4.79 Å². The number of rotatable bonds is 5. The Labute approximate surface area is 156 Å². The average molecular weight is 375 g/mol. The molecule has 7 heteroatoms. The summed E-state index contributed by atoms with van der Waals surface area (Å²) in [6, 6.07) is 3.98. The van der Waals surface area contributed by atoms with Crippen molar-refractivity contribution in [1.29, 1.82) is 0 Å². The number of pyridine rings is 1. The number of amides is 1. The van der Waals surface area contributed by atoms with E-state index in [1.165, 1.54) is 25.7 Å². The zero-order valence-corrected chi connectivity index (χ0v) is 15.6. The Hall–Kier alpha value is -1.04. The van der Waals surface area contributed by atoms with Gasteiger partial charge in [-0.1, -0.05) is 0 Å². The molecule has 2 N–H and O–H groups in total. The van der Waals surface area contributed by atoms with E-state index in [1.807, 2.05) is 12.3 Å². The topological polar surface area (TPSA) is 57.3 Å². The molecule has 2 saturated heterocycles. The Morgan fingerprint density at radius 3 is 2.67 bits per heavy atom. The second-order valence-corrected chi connectivity index (χ2v) is 6.40. The Balaban J connectivity index is 0.00000144. The van der Waals surface area contributed by atoms with Crippen LogP contribution in [-0.4, -0.2) is 37.1 Å². The van der Waals surface area contributed by atoms with Crippen LogP contribution in [0.25, 0.3) is 0 Å². The zero-order chi connectivity index (χ0) is 15.2. The molecule has 0 spiro atoms. The summed E-state index contributed by atoms with van der Waals surface area (Å²) in [6.45, 7) is 4.37. The molecule has 2 aliphatic heterocycles. The van der Waals surface area contributed by atoms with E-state index in [2.05, 4.69) is 26.6 Å². The second kappa shape index (κ2) is 10.7. The minimum atomic E-state index is 0. The third-order valence-electron chi connectivity index (χ3n) is 4.68. The van der Waals surface area contributed by atoms with E-state index in [-0.39, 0.29) is 30.7 Å². The zero-order valence-electron chi connectivity index (χ0n) is 14.0. The number of nitrogens with zero attached hydrogens (tertiary/aromatic N) is 2. The summed E-state index contributed by atoms with van der Waals surface area (Å²) in [6.07, 6.45) is 8.46. The van der Waals surface area contributed by atoms with Crippen LogP contribution < -0.4 is 15.5 Å². The molecule has 0 radical (unpaired) electrons. The average Bonchev–Trinajstić information content (AvgIpc) is 3.08. The molecule has 2 fully saturated rings. The van der Waals surface area contributed by atoms with Crippen LogP contribution in [0.2, 0.25) is 0 Å². The standard InChI is InChI=1S/C17H26N4O.2ClH/c22-17(7-4-14-8-9-18-12-14)20-16-6-5-15(13-19-16)21-10-2-1-3-11-21;;/h5-6,13-14,18H,1-4,7-12H2,(H,19,20,22);2*1H. The second-order valence-electron chi connectivity index (χ2n) is 6.40. The molecule has 0 bridgehead atoms. The monoisotopic (exact) mass is 374 g/mol. The fraction of sp³-hybridized carbons (Fsp3) is 0.647. The molecule has 24 heavy (non-hydrogen) atoms. The molecule has 1 amide bonds. The highest BCUT2D eigenvalue weighted by atomic mass is 35.5. The third-order valence-corrected chi connectivity index (χ3v) is 4.68. The van der Waals surface area contributed by atoms with Gasteiger partial charge in [-0.15, -0.1) is 24.8 Å². The predicted octanol–water partition coefficient (Wildman–Crippen LogP) is 3.24. The Morgan fingerprint density at radius 1 is 1.25 bits per heavy atom. The number of halogens is 2. The van der Waals surface area contributed by atoms with E-state index < -0.39 is 0 Å². The van der Waals surface area contributed by atoms with Crippen molar-refractivity contribution in [3.05, 3.63) is 18.3 Å². The summed E-state index contributed by atoms with van der Waals surface area (Å²) in [5.41, 5.74) is 1.16. The van der Waals surface area contributed by atoms with Crippen molar-refractivity contribution < 1.29 is 4.79 Å². The first-order chi connectivity index (χ1) is 10.8. The van der Waals surface area contributed by atoms with Gasteiger partial charge in [0.15, 0.2) is 0 Å². The van der Waals surface area contributed by atoms with Gasteiger partial charge in [0.05, 0.1) is 11.9 Å². The molecule has 1 aromatic rings. The maximum atomic E-state index is 12.0. The molecule has 5 nitrogen and oxygen atoms in total. The smallest absolute Gasteiger partial charge is 0.225 e. The first-order valence-electron chi connectivity index (χ1n) is 8.53. The first-order valence-corrected chi connectivity index (χ1v) is 8.53. The van der Waals surface area contributed by atoms with Gasteiger partial charge >= 0.3 is 0 Å². The van der Waals surface area contributed by atoms with E-state index in [0.29, 0.717) is 18.2 Å². The molecular weight excluding hydrogens is 347 g/mol. The van der Waals surface area contributed by atoms with Gasteiger partial charge in [0.2, 0.25) is 5.91 Å². The van der Waals surface area contributed by atoms with Crippen molar-refractivity contribution in [2.75, 3.05) is 36.4 Å². The number of aromatic nitrogens is 1. The molecular formula is C17H28Cl2N4O. The maximum Gasteiger partial charge on any atom is 0.225 e. The van der Waals surface area contributed by atoms with Gasteiger partial charge in [0.25, 0.3) is 0 Å². The van der Waals surface area contributed by atoms with Crippen LogP contribution in [-0.2, 0) is 4.79 Å². The van der Waals surface area contributed by atoms with Crippen LogP contribution in [0.1, 0.15) is 38.5 Å². The molecule has 3 rings (SSSR count). The van der Waals surface area contributed by atoms with Gasteiger partial charge in [0.1, 0.15) is 5.82 Å². The van der Waals surface area contributed by atoms with Gasteiger partial charge in [0, 0.05) is 19.5 Å². The quantitative estimate of drug-likeness (QED) is 0.830. The van der Waals surface area contributed by atoms with Crippen molar-refractivity contribution >= 4 is 42.2 Å². The SMILES string of the molecule is Cl.Cl.O=C(CCC1CCNC1)Nc1ccc(N2CCCCC2)cn1. The van der Waals surface area contributed by atoms with Crippen molar-refractivity contribution in [2.45, 2.75) is 38.5 Å². The lowest BCUT2D eigenvalue weighted by molar-refractivity contribution is -0.116. The normalized spacial score (nSPS) is 20.0. The fourth-order valence-corrected chi connectivity index (χ4v) is 3.30. The molecule has 1 atom stereocenters. The summed E-state index contributed by atoms with van der Waals surface area (Å²) in [5, 5.41) is 6.24. The lowest BCUT2D eigenvalue weighted by Gasteiger charge is -2.28. The minimum absolute atomic E-state index is 0. The molecule has 0 aromatic carbocycles. The number of piperidine rings is 1. The number of hydrogen-bond acceptors (Lipinski definition) is 4. The highest BCUT2D eigenvalue weighted by Gasteiger charge is 2.16. The van der Waals surface area contributed by atoms with E-state index in [0.717, 1.165) is 38.3 Å². The van der Waals surface area contributed by atoms with Gasteiger partial charge < -0.3 is 15.5 Å². The summed E-state index contributed by atoms with van der Waals surface area (Å²) >= 11 is 0. The Kier molecular flexibility index (Phi) is 9.41. The molecule has 1 unspecified atom stereocenters. The summed E-state index contributed by atoms with van der Waals surface area (Å²) in [7, 11) is 0. The molecule has 2 aliphatic rings. The molecule has 136 valence electrons.